The van der Waals surface area contributed by atoms with Gasteiger partial charge in [0, 0.05) is 6.54 Å². The van der Waals surface area contributed by atoms with Crippen molar-refractivity contribution in [3.8, 4) is 0 Å². The van der Waals surface area contributed by atoms with E-state index in [4.69, 9.17) is 10.3 Å². The maximum Gasteiger partial charge on any atom is 0.418 e. The molecule has 34 heavy (non-hydrogen) atoms. The second-order valence-electron chi connectivity index (χ2n) is 9.56. The molecule has 0 aromatic carbocycles. The molecule has 0 aliphatic carbocycles. The lowest BCUT2D eigenvalue weighted by atomic mass is 10.0. The third-order valence-corrected chi connectivity index (χ3v) is 7.12. The number of quaternary nitrogens is 1. The van der Waals surface area contributed by atoms with Crippen LogP contribution in [0.1, 0.15) is 91.9 Å². The molecule has 0 spiro atoms. The van der Waals surface area contributed by atoms with Gasteiger partial charge in [0.05, 0.1) is 32.2 Å². The molecule has 11 heteroatoms. The molecule has 0 unspecified atom stereocenters. The van der Waals surface area contributed by atoms with E-state index >= 15 is 0 Å². The number of piperidine rings is 1. The summed E-state index contributed by atoms with van der Waals surface area (Å²) in [6, 6.07) is -2.04. The van der Waals surface area contributed by atoms with E-state index in [0.717, 1.165) is 4.90 Å². The number of nitrogens with zero attached hydrogens (tertiary/aromatic N) is 3. The summed E-state index contributed by atoms with van der Waals surface area (Å²) in [5.41, 5.74) is 5.13. The van der Waals surface area contributed by atoms with Crippen LogP contribution in [0.2, 0.25) is 0 Å². The molecule has 3 amide bonds. The quantitative estimate of drug-likeness (QED) is 0.258. The summed E-state index contributed by atoms with van der Waals surface area (Å²) in [6.07, 6.45) is 11.8. The maximum absolute atomic E-state index is 11.7. The maximum atomic E-state index is 11.7. The zero-order valence-electron chi connectivity index (χ0n) is 21.6. The summed E-state index contributed by atoms with van der Waals surface area (Å²) < 4.78 is 35.3. The molecule has 2 rings (SSSR count). The Morgan fingerprint density at radius 1 is 0.971 bits per heavy atom. The molecule has 0 radical (unpaired) electrons. The van der Waals surface area contributed by atoms with Crippen LogP contribution in [0.4, 0.5) is 4.79 Å². The molecule has 2 saturated heterocycles. The fraction of sp³-hybridized carbons (Fsp3) is 0.913. The Balaban J connectivity index is 0.000000340. The number of hydrogen-bond donors (Lipinski definition) is 2. The predicted molar refractivity (Wildman–Crippen MR) is 132 cm³/mol. The zero-order valence-corrected chi connectivity index (χ0v) is 22.4. The number of fused-ring (bicyclic) bond motifs is 2. The van der Waals surface area contributed by atoms with Gasteiger partial charge in [-0.15, -0.1) is 4.28 Å². The van der Waals surface area contributed by atoms with Gasteiger partial charge >= 0.3 is 16.4 Å². The minimum Gasteiger partial charge on any atom is -0.368 e. The van der Waals surface area contributed by atoms with Crippen LogP contribution in [0.25, 0.3) is 0 Å². The third-order valence-electron chi connectivity index (χ3n) is 6.77. The van der Waals surface area contributed by atoms with Gasteiger partial charge < -0.3 is 15.1 Å². The van der Waals surface area contributed by atoms with E-state index in [1.165, 1.54) is 82.0 Å². The Morgan fingerprint density at radius 2 is 1.41 bits per heavy atom. The van der Waals surface area contributed by atoms with Crippen LogP contribution >= 0.6 is 0 Å². The van der Waals surface area contributed by atoms with Crippen LogP contribution in [-0.2, 0) is 19.5 Å². The molecule has 10 nitrogen and oxygen atoms in total. The van der Waals surface area contributed by atoms with Gasteiger partial charge in [-0.2, -0.15) is 13.5 Å². The third kappa shape index (κ3) is 9.67. The van der Waals surface area contributed by atoms with E-state index in [2.05, 4.69) is 32.0 Å². The Hall–Kier alpha value is -1.43. The largest absolute Gasteiger partial charge is 0.418 e. The Kier molecular flexibility index (Phi) is 13.4. The lowest BCUT2D eigenvalue weighted by molar-refractivity contribution is -0.929. The van der Waals surface area contributed by atoms with Crippen LogP contribution in [0.5, 0.6) is 0 Å². The van der Waals surface area contributed by atoms with Crippen LogP contribution in [0.3, 0.4) is 0 Å². The normalized spacial score (nSPS) is 20.3. The number of urea groups is 1. The topological polar surface area (TPSA) is 130 Å². The lowest BCUT2D eigenvalue weighted by Gasteiger charge is -2.39. The Morgan fingerprint density at radius 3 is 1.76 bits per heavy atom. The first-order chi connectivity index (χ1) is 16.0. The number of amides is 3. The lowest BCUT2D eigenvalue weighted by Crippen LogP contribution is -2.50. The van der Waals surface area contributed by atoms with E-state index in [0.29, 0.717) is 17.9 Å². The smallest absolute Gasteiger partial charge is 0.368 e. The van der Waals surface area contributed by atoms with Gasteiger partial charge in [-0.1, -0.05) is 53.4 Å². The molecule has 2 aliphatic heterocycles. The van der Waals surface area contributed by atoms with Crippen molar-refractivity contribution in [1.82, 2.24) is 9.96 Å². The molecule has 2 bridgehead atoms. The first-order valence-electron chi connectivity index (χ1n) is 12.9. The standard InChI is InChI=1S/C16H36N.C7H11N3O6S/c1-5-9-13-17(14-10-6-2,15-11-7-3)16-12-8-4;8-6(11)5-2-1-4-3-9(5)7(12)10(4)16-17(13,14)15/h5-16H2,1-4H3;4-5H,1-3H2,(H2,8,11)(H,13,14,15)/q+1;/t;4-,5+/m.1/s1. The number of nitrogens with two attached hydrogens (primary N) is 1. The summed E-state index contributed by atoms with van der Waals surface area (Å²) in [6.45, 7) is 15.2. The summed E-state index contributed by atoms with van der Waals surface area (Å²) >= 11 is 0. The SMILES string of the molecule is CCCC[N+](CCCC)(CCCC)CCCC.NC(=O)[C@@H]1CC[C@@H]2CN1C(=O)N2OS(=O)(=O)O. The van der Waals surface area contributed by atoms with Crippen molar-refractivity contribution >= 4 is 22.3 Å². The molecule has 3 N–H and O–H groups in total. The predicted octanol–water partition coefficient (Wildman–Crippen LogP) is 3.48. The molecule has 2 aliphatic rings. The van der Waals surface area contributed by atoms with Crippen molar-refractivity contribution in [2.24, 2.45) is 5.73 Å². The van der Waals surface area contributed by atoms with Crippen molar-refractivity contribution in [2.75, 3.05) is 32.7 Å². The molecule has 0 saturated carbocycles. The summed E-state index contributed by atoms with van der Waals surface area (Å²) in [4.78, 5) is 23.9. The van der Waals surface area contributed by atoms with E-state index in [-0.39, 0.29) is 6.54 Å². The minimum absolute atomic E-state index is 0.155. The summed E-state index contributed by atoms with van der Waals surface area (Å²) in [5, 5.41) is 0.568. The van der Waals surface area contributed by atoms with Crippen molar-refractivity contribution in [2.45, 2.75) is 104 Å². The highest BCUT2D eigenvalue weighted by Crippen LogP contribution is 2.30. The highest BCUT2D eigenvalue weighted by molar-refractivity contribution is 7.80. The first-order valence-corrected chi connectivity index (χ1v) is 14.3. The highest BCUT2D eigenvalue weighted by atomic mass is 32.3. The average molecular weight is 508 g/mol. The minimum atomic E-state index is -4.75. The molecule has 200 valence electrons. The molecule has 2 fully saturated rings. The van der Waals surface area contributed by atoms with Crippen molar-refractivity contribution in [1.29, 1.82) is 0 Å². The van der Waals surface area contributed by atoms with E-state index in [1.807, 2.05) is 0 Å². The van der Waals surface area contributed by atoms with E-state index < -0.39 is 34.4 Å². The Bertz CT molecular complexity index is 695. The van der Waals surface area contributed by atoms with Gasteiger partial charge in [0.15, 0.2) is 0 Å². The number of hydroxylamine groups is 2. The molecular formula is C23H47N4O6S+. The molecule has 2 atom stereocenters. The fourth-order valence-corrected chi connectivity index (χ4v) is 5.16. The monoisotopic (exact) mass is 507 g/mol. The van der Waals surface area contributed by atoms with Crippen LogP contribution in [0, 0.1) is 0 Å². The van der Waals surface area contributed by atoms with Gasteiger partial charge in [-0.3, -0.25) is 9.35 Å². The van der Waals surface area contributed by atoms with Gasteiger partial charge in [0.1, 0.15) is 6.04 Å². The van der Waals surface area contributed by atoms with Crippen molar-refractivity contribution in [3.63, 3.8) is 0 Å². The van der Waals surface area contributed by atoms with E-state index in [1.54, 1.807) is 0 Å². The number of hydrogen-bond acceptors (Lipinski definition) is 5. The summed E-state index contributed by atoms with van der Waals surface area (Å²) in [7, 11) is -4.75. The van der Waals surface area contributed by atoms with Gasteiger partial charge in [-0.05, 0) is 38.5 Å². The number of unbranched alkanes of at least 4 members (excludes halogenated alkanes) is 4. The fourth-order valence-electron chi connectivity index (χ4n) is 4.77. The van der Waals surface area contributed by atoms with E-state index in [9.17, 15) is 18.0 Å². The molecule has 2 heterocycles. The molecule has 0 aromatic heterocycles. The number of primary amides is 1. The van der Waals surface area contributed by atoms with Gasteiger partial charge in [0.25, 0.3) is 0 Å². The second-order valence-corrected chi connectivity index (χ2v) is 10.6. The molecular weight excluding hydrogens is 460 g/mol. The number of carbonyl (C=O) groups is 2. The van der Waals surface area contributed by atoms with Crippen LogP contribution in [0.15, 0.2) is 0 Å². The first kappa shape index (κ1) is 30.6. The Labute approximate surface area is 206 Å². The van der Waals surface area contributed by atoms with Crippen molar-refractivity contribution < 1.29 is 31.3 Å². The molecule has 0 aromatic rings. The number of carbonyl (C=O) groups excluding carboxylic acids is 2. The van der Waals surface area contributed by atoms with Gasteiger partial charge in [-0.25, -0.2) is 4.79 Å². The zero-order chi connectivity index (χ0) is 25.8. The van der Waals surface area contributed by atoms with Crippen LogP contribution in [-0.4, -0.2) is 84.2 Å². The average Bonchev–Trinajstić information content (AvgIpc) is 3.01. The van der Waals surface area contributed by atoms with Crippen LogP contribution < -0.4 is 5.73 Å². The highest BCUT2D eigenvalue weighted by Gasteiger charge is 2.48. The second kappa shape index (κ2) is 14.9. The number of rotatable bonds is 15. The van der Waals surface area contributed by atoms with Crippen molar-refractivity contribution in [3.05, 3.63) is 0 Å². The van der Waals surface area contributed by atoms with Gasteiger partial charge in [0.2, 0.25) is 5.91 Å². The summed E-state index contributed by atoms with van der Waals surface area (Å²) in [5.74, 6) is -0.648.